The van der Waals surface area contributed by atoms with E-state index in [0.29, 0.717) is 24.8 Å². The summed E-state index contributed by atoms with van der Waals surface area (Å²) >= 11 is 0. The summed E-state index contributed by atoms with van der Waals surface area (Å²) in [5.74, 6) is 0.817. The molecule has 0 radical (unpaired) electrons. The van der Waals surface area contributed by atoms with E-state index < -0.39 is 0 Å². The number of nitrogens with zero attached hydrogens (tertiary/aromatic N) is 4. The molecule has 7 heteroatoms. The van der Waals surface area contributed by atoms with E-state index in [1.807, 2.05) is 23.4 Å². The van der Waals surface area contributed by atoms with Gasteiger partial charge in [0.1, 0.15) is 6.54 Å². The smallest absolute Gasteiger partial charge is 0.290 e. The molecule has 1 saturated heterocycles. The Morgan fingerprint density at radius 3 is 2.48 bits per heavy atom. The molecule has 2 amide bonds. The zero-order valence-electron chi connectivity index (χ0n) is 19.9. The molecule has 2 aromatic rings. The predicted octanol–water partition coefficient (Wildman–Crippen LogP) is 3.46. The molecule has 176 valence electrons. The number of carbonyl (C=O) groups is 2. The van der Waals surface area contributed by atoms with Gasteiger partial charge >= 0.3 is 0 Å². The van der Waals surface area contributed by atoms with E-state index in [1.165, 1.54) is 18.4 Å². The first kappa shape index (κ1) is 22.1. The van der Waals surface area contributed by atoms with Crippen LogP contribution < -0.4 is 0 Å². The molecule has 0 unspecified atom stereocenters. The molecule has 1 aromatic heterocycles. The van der Waals surface area contributed by atoms with Gasteiger partial charge in [-0.2, -0.15) is 0 Å². The Labute approximate surface area is 195 Å². The topological polar surface area (TPSA) is 78.7 Å². The second-order valence-electron chi connectivity index (χ2n) is 9.95. The maximum absolute atomic E-state index is 13.5. The van der Waals surface area contributed by atoms with Gasteiger partial charge in [0.25, 0.3) is 5.91 Å². The number of hydrogen-bond acceptors (Lipinski definition) is 4. The number of imidazole rings is 1. The Morgan fingerprint density at radius 2 is 1.85 bits per heavy atom. The lowest BCUT2D eigenvalue weighted by atomic mass is 9.91. The minimum Gasteiger partial charge on any atom is -0.393 e. The number of rotatable bonds is 4. The van der Waals surface area contributed by atoms with Crippen LogP contribution in [-0.4, -0.2) is 68.1 Å². The third-order valence-electron chi connectivity index (χ3n) is 7.76. The highest BCUT2D eigenvalue weighted by Gasteiger charge is 2.35. The summed E-state index contributed by atoms with van der Waals surface area (Å²) in [5, 5.41) is 9.77. The van der Waals surface area contributed by atoms with Crippen molar-refractivity contribution in [3.63, 3.8) is 0 Å². The van der Waals surface area contributed by atoms with Crippen molar-refractivity contribution in [1.82, 2.24) is 19.4 Å². The fourth-order valence-corrected chi connectivity index (χ4v) is 5.37. The molecule has 2 heterocycles. The van der Waals surface area contributed by atoms with Crippen LogP contribution in [0.25, 0.3) is 16.6 Å². The van der Waals surface area contributed by atoms with Crippen LogP contribution in [0.2, 0.25) is 0 Å². The van der Waals surface area contributed by atoms with Gasteiger partial charge in [-0.05, 0) is 81.6 Å². The Kier molecular flexibility index (Phi) is 5.77. The van der Waals surface area contributed by atoms with Crippen molar-refractivity contribution in [3.8, 4) is 0 Å². The zero-order valence-corrected chi connectivity index (χ0v) is 19.9. The van der Waals surface area contributed by atoms with Gasteiger partial charge in [0.05, 0.1) is 17.1 Å². The summed E-state index contributed by atoms with van der Waals surface area (Å²) in [4.78, 5) is 34.7. The SMILES string of the molecule is C/C=C(\C)c1cc(C2CC2)cc2c1nc(C(=O)N1CCN(C3CCC(O)CC3)C(=O)C1)n2C. The van der Waals surface area contributed by atoms with Gasteiger partial charge in [-0.25, -0.2) is 4.98 Å². The molecule has 1 N–H and O–H groups in total. The number of aliphatic hydroxyl groups is 1. The van der Waals surface area contributed by atoms with E-state index >= 15 is 0 Å². The number of hydrogen-bond donors (Lipinski definition) is 1. The van der Waals surface area contributed by atoms with E-state index in [9.17, 15) is 14.7 Å². The summed E-state index contributed by atoms with van der Waals surface area (Å²) in [6.07, 6.45) is 7.44. The second-order valence-corrected chi connectivity index (χ2v) is 9.95. The largest absolute Gasteiger partial charge is 0.393 e. The number of aryl methyl sites for hydroxylation is 1. The first-order chi connectivity index (χ1) is 15.9. The average molecular weight is 451 g/mol. The van der Waals surface area contributed by atoms with Crippen molar-refractivity contribution in [2.45, 2.75) is 70.4 Å². The first-order valence-corrected chi connectivity index (χ1v) is 12.3. The van der Waals surface area contributed by atoms with Gasteiger partial charge in [-0.15, -0.1) is 0 Å². The summed E-state index contributed by atoms with van der Waals surface area (Å²) in [6.45, 7) is 5.27. The molecule has 1 aromatic carbocycles. The first-order valence-electron chi connectivity index (χ1n) is 12.3. The van der Waals surface area contributed by atoms with Crippen molar-refractivity contribution in [2.24, 2.45) is 7.05 Å². The quantitative estimate of drug-likeness (QED) is 0.774. The Morgan fingerprint density at radius 1 is 1.12 bits per heavy atom. The lowest BCUT2D eigenvalue weighted by Crippen LogP contribution is -2.56. The number of carbonyl (C=O) groups excluding carboxylic acids is 2. The summed E-state index contributed by atoms with van der Waals surface area (Å²) in [7, 11) is 1.90. The predicted molar refractivity (Wildman–Crippen MR) is 128 cm³/mol. The third kappa shape index (κ3) is 4.07. The number of aromatic nitrogens is 2. The molecule has 0 atom stereocenters. The molecule has 2 aliphatic carbocycles. The van der Waals surface area contributed by atoms with Crippen molar-refractivity contribution >= 4 is 28.4 Å². The second kappa shape index (κ2) is 8.60. The Bertz CT molecular complexity index is 1120. The number of allylic oxidation sites excluding steroid dienone is 2. The molecular formula is C26H34N4O3. The zero-order chi connectivity index (χ0) is 23.3. The minimum atomic E-state index is -0.242. The van der Waals surface area contributed by atoms with Crippen LogP contribution in [0.4, 0.5) is 0 Å². The Hall–Kier alpha value is -2.67. The van der Waals surface area contributed by atoms with E-state index in [0.717, 1.165) is 47.9 Å². The summed E-state index contributed by atoms with van der Waals surface area (Å²) in [5.41, 5.74) is 5.39. The monoisotopic (exact) mass is 450 g/mol. The number of fused-ring (bicyclic) bond motifs is 1. The van der Waals surface area contributed by atoms with Crippen LogP contribution in [0, 0.1) is 0 Å². The van der Waals surface area contributed by atoms with Crippen LogP contribution >= 0.6 is 0 Å². The molecule has 0 spiro atoms. The molecular weight excluding hydrogens is 416 g/mol. The van der Waals surface area contributed by atoms with Gasteiger partial charge in [-0.1, -0.05) is 6.08 Å². The van der Waals surface area contributed by atoms with Crippen LogP contribution in [0.1, 0.15) is 80.0 Å². The van der Waals surface area contributed by atoms with E-state index in [-0.39, 0.29) is 30.5 Å². The van der Waals surface area contributed by atoms with E-state index in [4.69, 9.17) is 4.98 Å². The van der Waals surface area contributed by atoms with Crippen molar-refractivity contribution < 1.29 is 14.7 Å². The van der Waals surface area contributed by atoms with Crippen LogP contribution in [0.15, 0.2) is 18.2 Å². The van der Waals surface area contributed by atoms with E-state index in [1.54, 1.807) is 4.90 Å². The van der Waals surface area contributed by atoms with Crippen molar-refractivity contribution in [2.75, 3.05) is 19.6 Å². The number of aliphatic hydroxyl groups excluding tert-OH is 1. The number of piperazine rings is 1. The lowest BCUT2D eigenvalue weighted by Gasteiger charge is -2.41. The highest BCUT2D eigenvalue weighted by Crippen LogP contribution is 2.42. The third-order valence-corrected chi connectivity index (χ3v) is 7.76. The van der Waals surface area contributed by atoms with Crippen LogP contribution in [-0.2, 0) is 11.8 Å². The highest BCUT2D eigenvalue weighted by atomic mass is 16.3. The highest BCUT2D eigenvalue weighted by molar-refractivity contribution is 5.99. The van der Waals surface area contributed by atoms with Crippen molar-refractivity contribution in [3.05, 3.63) is 35.2 Å². The maximum Gasteiger partial charge on any atom is 0.290 e. The van der Waals surface area contributed by atoms with E-state index in [2.05, 4.69) is 25.1 Å². The molecule has 5 rings (SSSR count). The van der Waals surface area contributed by atoms with Gasteiger partial charge in [0.2, 0.25) is 5.91 Å². The Balaban J connectivity index is 1.40. The van der Waals surface area contributed by atoms with Crippen molar-refractivity contribution in [1.29, 1.82) is 0 Å². The number of benzene rings is 1. The molecule has 1 aliphatic heterocycles. The normalized spacial score (nSPS) is 24.6. The van der Waals surface area contributed by atoms with Gasteiger partial charge in [0.15, 0.2) is 5.82 Å². The molecule has 0 bridgehead atoms. The van der Waals surface area contributed by atoms with Gasteiger partial charge in [0, 0.05) is 31.7 Å². The average Bonchev–Trinajstić information content (AvgIpc) is 3.62. The van der Waals surface area contributed by atoms with Crippen LogP contribution in [0.3, 0.4) is 0 Å². The maximum atomic E-state index is 13.5. The summed E-state index contributed by atoms with van der Waals surface area (Å²) in [6, 6.07) is 4.60. The minimum absolute atomic E-state index is 0.00350. The van der Waals surface area contributed by atoms with Crippen LogP contribution in [0.5, 0.6) is 0 Å². The van der Waals surface area contributed by atoms with Gasteiger partial charge in [-0.3, -0.25) is 9.59 Å². The molecule has 33 heavy (non-hydrogen) atoms. The molecule has 3 aliphatic rings. The van der Waals surface area contributed by atoms with Gasteiger partial charge < -0.3 is 19.5 Å². The fraction of sp³-hybridized carbons (Fsp3) is 0.577. The lowest BCUT2D eigenvalue weighted by molar-refractivity contribution is -0.138. The number of amides is 2. The standard InChI is InChI=1S/C26H34N4O3/c1-4-16(2)21-13-18(17-5-6-17)14-22-24(21)27-25(28(22)3)26(33)29-11-12-30(23(32)15-29)19-7-9-20(31)10-8-19/h4,13-14,17,19-20,31H,5-12,15H2,1-3H3/b16-4+. The fourth-order valence-electron chi connectivity index (χ4n) is 5.37. The molecule has 3 fully saturated rings. The molecule has 2 saturated carbocycles. The molecule has 7 nitrogen and oxygen atoms in total. The summed E-state index contributed by atoms with van der Waals surface area (Å²) < 4.78 is 1.90.